The first kappa shape index (κ1) is 11.5. The fourth-order valence-corrected chi connectivity index (χ4v) is 1.59. The van der Waals surface area contributed by atoms with Gasteiger partial charge in [-0.25, -0.2) is 0 Å². The monoisotopic (exact) mass is 276 g/mol. The summed E-state index contributed by atoms with van der Waals surface area (Å²) in [6.07, 6.45) is 0.133. The third-order valence-corrected chi connectivity index (χ3v) is 3.01. The average Bonchev–Trinajstić information content (AvgIpc) is 2.08. The van der Waals surface area contributed by atoms with Gasteiger partial charge >= 0.3 is 0 Å². The summed E-state index contributed by atoms with van der Waals surface area (Å²) in [6, 6.07) is 4.92. The zero-order valence-electron chi connectivity index (χ0n) is 7.34. The van der Waals surface area contributed by atoms with Crippen molar-refractivity contribution in [3.05, 3.63) is 33.3 Å². The molecule has 0 aliphatic rings. The van der Waals surface area contributed by atoms with Crippen LogP contribution in [0, 0.1) is 0 Å². The van der Waals surface area contributed by atoms with Crippen LogP contribution in [0.2, 0.25) is 5.02 Å². The van der Waals surface area contributed by atoms with Crippen LogP contribution in [0.15, 0.2) is 22.7 Å². The second kappa shape index (κ2) is 4.77. The van der Waals surface area contributed by atoms with E-state index < -0.39 is 5.91 Å². The van der Waals surface area contributed by atoms with E-state index >= 15 is 0 Å². The van der Waals surface area contributed by atoms with Gasteiger partial charge in [0.15, 0.2) is 0 Å². The lowest BCUT2D eigenvalue weighted by molar-refractivity contribution is -0.118. The van der Waals surface area contributed by atoms with E-state index in [1.54, 1.807) is 18.2 Å². The molecule has 5 heteroatoms. The lowest BCUT2D eigenvalue weighted by Crippen LogP contribution is -2.20. The Morgan fingerprint density at radius 3 is 2.71 bits per heavy atom. The summed E-state index contributed by atoms with van der Waals surface area (Å²) in [7, 11) is 0. The first-order valence-electron chi connectivity index (χ1n) is 3.99. The number of carbonyl (C=O) groups excluding carboxylic acids is 1. The first-order valence-corrected chi connectivity index (χ1v) is 5.16. The summed E-state index contributed by atoms with van der Waals surface area (Å²) in [5.41, 5.74) is 11.6. The van der Waals surface area contributed by atoms with Crippen molar-refractivity contribution in [3.8, 4) is 0 Å². The first-order chi connectivity index (χ1) is 6.50. The van der Waals surface area contributed by atoms with Crippen molar-refractivity contribution in [1.82, 2.24) is 0 Å². The summed E-state index contributed by atoms with van der Waals surface area (Å²) in [4.78, 5) is 10.6. The van der Waals surface area contributed by atoms with E-state index in [1.165, 1.54) is 0 Å². The number of primary amides is 1. The van der Waals surface area contributed by atoms with E-state index in [-0.39, 0.29) is 12.5 Å². The SMILES string of the molecule is NC(=O)C[C@H](N)c1ccc(Cl)c(Br)c1. The van der Waals surface area contributed by atoms with Gasteiger partial charge in [-0.15, -0.1) is 0 Å². The quantitative estimate of drug-likeness (QED) is 0.887. The van der Waals surface area contributed by atoms with Gasteiger partial charge in [0, 0.05) is 16.9 Å². The minimum Gasteiger partial charge on any atom is -0.370 e. The second-order valence-electron chi connectivity index (χ2n) is 2.95. The van der Waals surface area contributed by atoms with Gasteiger partial charge in [0.1, 0.15) is 0 Å². The highest BCUT2D eigenvalue weighted by Gasteiger charge is 2.10. The minimum atomic E-state index is -0.413. The third-order valence-electron chi connectivity index (χ3n) is 1.79. The topological polar surface area (TPSA) is 69.1 Å². The number of nitrogens with two attached hydrogens (primary N) is 2. The third kappa shape index (κ3) is 2.97. The van der Waals surface area contributed by atoms with Crippen LogP contribution in [0.5, 0.6) is 0 Å². The number of carbonyl (C=O) groups is 1. The van der Waals surface area contributed by atoms with Crippen LogP contribution in [-0.4, -0.2) is 5.91 Å². The van der Waals surface area contributed by atoms with Gasteiger partial charge in [0.05, 0.1) is 5.02 Å². The molecule has 1 amide bonds. The molecular formula is C9H10BrClN2O. The van der Waals surface area contributed by atoms with E-state index in [0.717, 1.165) is 10.0 Å². The fourth-order valence-electron chi connectivity index (χ4n) is 1.08. The van der Waals surface area contributed by atoms with Crippen LogP contribution in [0.4, 0.5) is 0 Å². The molecule has 0 spiro atoms. The smallest absolute Gasteiger partial charge is 0.219 e. The maximum Gasteiger partial charge on any atom is 0.219 e. The number of benzene rings is 1. The van der Waals surface area contributed by atoms with Gasteiger partial charge in [-0.2, -0.15) is 0 Å². The van der Waals surface area contributed by atoms with Gasteiger partial charge in [0.25, 0.3) is 0 Å². The normalized spacial score (nSPS) is 12.5. The largest absolute Gasteiger partial charge is 0.370 e. The van der Waals surface area contributed by atoms with Crippen molar-refractivity contribution in [2.24, 2.45) is 11.5 Å². The Balaban J connectivity index is 2.85. The highest BCUT2D eigenvalue weighted by molar-refractivity contribution is 9.10. The van der Waals surface area contributed by atoms with Crippen LogP contribution in [0.3, 0.4) is 0 Å². The number of hydrogen-bond acceptors (Lipinski definition) is 2. The van der Waals surface area contributed by atoms with E-state index in [4.69, 9.17) is 23.1 Å². The van der Waals surface area contributed by atoms with Crippen LogP contribution in [0.25, 0.3) is 0 Å². The predicted octanol–water partition coefficient (Wildman–Crippen LogP) is 1.98. The van der Waals surface area contributed by atoms with Crippen molar-refractivity contribution in [3.63, 3.8) is 0 Å². The summed E-state index contributed by atoms with van der Waals surface area (Å²) >= 11 is 9.09. The molecule has 3 nitrogen and oxygen atoms in total. The van der Waals surface area contributed by atoms with Crippen LogP contribution >= 0.6 is 27.5 Å². The van der Waals surface area contributed by atoms with Crippen LogP contribution in [0.1, 0.15) is 18.0 Å². The lowest BCUT2D eigenvalue weighted by Gasteiger charge is -2.10. The molecule has 1 aromatic carbocycles. The molecule has 1 atom stereocenters. The molecule has 0 aromatic heterocycles. The van der Waals surface area contributed by atoms with E-state index in [0.29, 0.717) is 5.02 Å². The second-order valence-corrected chi connectivity index (χ2v) is 4.21. The molecule has 0 saturated heterocycles. The van der Waals surface area contributed by atoms with E-state index in [2.05, 4.69) is 15.9 Å². The molecular weight excluding hydrogens is 267 g/mol. The fraction of sp³-hybridized carbons (Fsp3) is 0.222. The summed E-state index contributed by atoms with van der Waals surface area (Å²) in [5, 5.41) is 0.611. The molecule has 76 valence electrons. The zero-order valence-corrected chi connectivity index (χ0v) is 9.68. The van der Waals surface area contributed by atoms with E-state index in [1.807, 2.05) is 0 Å². The molecule has 0 bridgehead atoms. The Kier molecular flexibility index (Phi) is 3.92. The van der Waals surface area contributed by atoms with Crippen molar-refractivity contribution >= 4 is 33.4 Å². The molecule has 0 saturated carbocycles. The number of rotatable bonds is 3. The molecule has 14 heavy (non-hydrogen) atoms. The zero-order chi connectivity index (χ0) is 10.7. The number of hydrogen-bond donors (Lipinski definition) is 2. The average molecular weight is 278 g/mol. The maximum absolute atomic E-state index is 10.6. The molecule has 0 aliphatic heterocycles. The Hall–Kier alpha value is -0.580. The number of amides is 1. The Morgan fingerprint density at radius 1 is 1.57 bits per heavy atom. The Labute approximate surface area is 95.5 Å². The molecule has 0 heterocycles. The molecule has 0 radical (unpaired) electrons. The van der Waals surface area contributed by atoms with Crippen LogP contribution in [-0.2, 0) is 4.79 Å². The summed E-state index contributed by atoms with van der Waals surface area (Å²) in [5.74, 6) is -0.413. The van der Waals surface area contributed by atoms with Gasteiger partial charge in [0.2, 0.25) is 5.91 Å². The van der Waals surface area contributed by atoms with Crippen molar-refractivity contribution in [2.45, 2.75) is 12.5 Å². The van der Waals surface area contributed by atoms with Crippen molar-refractivity contribution in [2.75, 3.05) is 0 Å². The number of halogens is 2. The van der Waals surface area contributed by atoms with E-state index in [9.17, 15) is 4.79 Å². The van der Waals surface area contributed by atoms with Crippen molar-refractivity contribution < 1.29 is 4.79 Å². The van der Waals surface area contributed by atoms with Gasteiger partial charge < -0.3 is 11.5 Å². The predicted molar refractivity (Wildman–Crippen MR) is 59.9 cm³/mol. The van der Waals surface area contributed by atoms with Gasteiger partial charge in [-0.05, 0) is 33.6 Å². The highest BCUT2D eigenvalue weighted by Crippen LogP contribution is 2.26. The lowest BCUT2D eigenvalue weighted by atomic mass is 10.0. The standard InChI is InChI=1S/C9H10BrClN2O/c10-6-3-5(1-2-7(6)11)8(12)4-9(13)14/h1-3,8H,4,12H2,(H2,13,14)/t8-/m0/s1. The molecule has 0 fully saturated rings. The summed E-state index contributed by atoms with van der Waals surface area (Å²) in [6.45, 7) is 0. The molecule has 4 N–H and O–H groups in total. The van der Waals surface area contributed by atoms with Gasteiger partial charge in [-0.3, -0.25) is 4.79 Å². The Bertz CT molecular complexity index is 357. The maximum atomic E-state index is 10.6. The minimum absolute atomic E-state index is 0.133. The molecule has 0 unspecified atom stereocenters. The summed E-state index contributed by atoms with van der Waals surface area (Å²) < 4.78 is 0.761. The van der Waals surface area contributed by atoms with Crippen molar-refractivity contribution in [1.29, 1.82) is 0 Å². The van der Waals surface area contributed by atoms with Crippen LogP contribution < -0.4 is 11.5 Å². The molecule has 0 aliphatic carbocycles. The highest BCUT2D eigenvalue weighted by atomic mass is 79.9. The molecule has 1 rings (SSSR count). The molecule has 1 aromatic rings. The van der Waals surface area contributed by atoms with Gasteiger partial charge in [-0.1, -0.05) is 17.7 Å². The Morgan fingerprint density at radius 2 is 2.21 bits per heavy atom.